The van der Waals surface area contributed by atoms with Gasteiger partial charge in [0.1, 0.15) is 0 Å². The molecule has 0 spiro atoms. The van der Waals surface area contributed by atoms with Gasteiger partial charge >= 0.3 is 0 Å². The van der Waals surface area contributed by atoms with Crippen LogP contribution in [0.2, 0.25) is 0 Å². The lowest BCUT2D eigenvalue weighted by molar-refractivity contribution is 0.569. The van der Waals surface area contributed by atoms with Gasteiger partial charge in [-0.1, -0.05) is 97.4 Å². The van der Waals surface area contributed by atoms with Crippen molar-refractivity contribution in [2.24, 2.45) is 5.92 Å². The molecule has 0 amide bonds. The van der Waals surface area contributed by atoms with Crippen LogP contribution in [0.5, 0.6) is 0 Å². The summed E-state index contributed by atoms with van der Waals surface area (Å²) >= 11 is 0. The third-order valence-electron chi connectivity index (χ3n) is 6.02. The van der Waals surface area contributed by atoms with Gasteiger partial charge in [-0.15, -0.1) is 0 Å². The van der Waals surface area contributed by atoms with E-state index in [2.05, 4.69) is 98.7 Å². The summed E-state index contributed by atoms with van der Waals surface area (Å²) in [5.74, 6) is 0.607. The second-order valence-corrected chi connectivity index (χ2v) is 10.7. The highest BCUT2D eigenvalue weighted by Crippen LogP contribution is 2.40. The number of hydrogen-bond acceptors (Lipinski definition) is 0. The number of fused-ring (bicyclic) bond motifs is 1. The van der Waals surface area contributed by atoms with E-state index in [1.807, 2.05) is 0 Å². The molecular formula is C27H36. The second-order valence-electron chi connectivity index (χ2n) is 10.7. The minimum absolute atomic E-state index is 0.142. The molecule has 0 nitrogen and oxygen atoms in total. The SMILES string of the molecule is Cc1ccc(-c2cc(C(C)(C)C)cc(C(C)(C)C)c2)c2c1CC(C(C)C)=C2. The molecule has 0 saturated heterocycles. The van der Waals surface area contributed by atoms with E-state index in [0.29, 0.717) is 5.92 Å². The summed E-state index contributed by atoms with van der Waals surface area (Å²) in [6.07, 6.45) is 3.57. The Hall–Kier alpha value is -1.82. The zero-order valence-corrected chi connectivity index (χ0v) is 18.7. The van der Waals surface area contributed by atoms with Gasteiger partial charge in [0.25, 0.3) is 0 Å². The number of hydrogen-bond donors (Lipinski definition) is 0. The van der Waals surface area contributed by atoms with Crippen LogP contribution in [-0.2, 0) is 17.3 Å². The lowest BCUT2D eigenvalue weighted by Gasteiger charge is -2.26. The first-order valence-corrected chi connectivity index (χ1v) is 10.4. The smallest absolute Gasteiger partial charge is 0.00524 e. The van der Waals surface area contributed by atoms with Crippen LogP contribution in [-0.4, -0.2) is 0 Å². The molecule has 144 valence electrons. The van der Waals surface area contributed by atoms with Crippen LogP contribution in [0, 0.1) is 12.8 Å². The van der Waals surface area contributed by atoms with Crippen LogP contribution in [0.1, 0.15) is 83.2 Å². The predicted octanol–water partition coefficient (Wildman–Crippen LogP) is 7.85. The Morgan fingerprint density at radius 1 is 0.815 bits per heavy atom. The van der Waals surface area contributed by atoms with Crippen molar-refractivity contribution < 1.29 is 0 Å². The number of aryl methyl sites for hydroxylation is 1. The van der Waals surface area contributed by atoms with E-state index >= 15 is 0 Å². The fourth-order valence-electron chi connectivity index (χ4n) is 3.89. The topological polar surface area (TPSA) is 0 Å². The molecule has 0 aromatic heterocycles. The Kier molecular flexibility index (Phi) is 4.91. The first kappa shape index (κ1) is 19.9. The number of benzene rings is 2. The molecule has 0 N–H and O–H groups in total. The maximum atomic E-state index is 2.46. The van der Waals surface area contributed by atoms with Crippen molar-refractivity contribution >= 4 is 6.08 Å². The minimum atomic E-state index is 0.142. The van der Waals surface area contributed by atoms with Gasteiger partial charge < -0.3 is 0 Å². The molecule has 0 saturated carbocycles. The van der Waals surface area contributed by atoms with E-state index in [1.165, 1.54) is 38.9 Å². The molecule has 0 heterocycles. The van der Waals surface area contributed by atoms with Gasteiger partial charge in [0.15, 0.2) is 0 Å². The van der Waals surface area contributed by atoms with E-state index in [4.69, 9.17) is 0 Å². The Balaban J connectivity index is 2.25. The molecule has 2 aromatic rings. The summed E-state index contributed by atoms with van der Waals surface area (Å²) in [7, 11) is 0. The first-order valence-electron chi connectivity index (χ1n) is 10.4. The monoisotopic (exact) mass is 360 g/mol. The largest absolute Gasteiger partial charge is 0.0626 e. The Bertz CT molecular complexity index is 861. The molecule has 1 aliphatic carbocycles. The Labute approximate surface area is 166 Å². The third kappa shape index (κ3) is 3.91. The maximum absolute atomic E-state index is 2.46. The van der Waals surface area contributed by atoms with Crippen LogP contribution >= 0.6 is 0 Å². The Morgan fingerprint density at radius 3 is 1.85 bits per heavy atom. The molecule has 0 fully saturated rings. The van der Waals surface area contributed by atoms with Gasteiger partial charge in [0.05, 0.1) is 0 Å². The van der Waals surface area contributed by atoms with Gasteiger partial charge in [-0.05, 0) is 69.0 Å². The summed E-state index contributed by atoms with van der Waals surface area (Å²) in [5.41, 5.74) is 11.8. The minimum Gasteiger partial charge on any atom is -0.0626 e. The average Bonchev–Trinajstić information content (AvgIpc) is 2.99. The average molecular weight is 361 g/mol. The van der Waals surface area contributed by atoms with Crippen LogP contribution < -0.4 is 0 Å². The van der Waals surface area contributed by atoms with Crippen molar-refractivity contribution in [3.8, 4) is 11.1 Å². The molecular weight excluding hydrogens is 324 g/mol. The molecule has 0 bridgehead atoms. The van der Waals surface area contributed by atoms with Gasteiger partial charge in [0.2, 0.25) is 0 Å². The highest BCUT2D eigenvalue weighted by molar-refractivity contribution is 5.82. The second kappa shape index (κ2) is 6.66. The normalized spacial score (nSPS) is 14.5. The van der Waals surface area contributed by atoms with Crippen molar-refractivity contribution in [1.82, 2.24) is 0 Å². The molecule has 0 radical (unpaired) electrons. The third-order valence-corrected chi connectivity index (χ3v) is 6.02. The van der Waals surface area contributed by atoms with E-state index < -0.39 is 0 Å². The van der Waals surface area contributed by atoms with Gasteiger partial charge in [-0.25, -0.2) is 0 Å². The van der Waals surface area contributed by atoms with Crippen LogP contribution in [0.25, 0.3) is 17.2 Å². The lowest BCUT2D eigenvalue weighted by Crippen LogP contribution is -2.16. The number of allylic oxidation sites excluding steroid dienone is 1. The molecule has 2 aromatic carbocycles. The van der Waals surface area contributed by atoms with E-state index in [0.717, 1.165) is 6.42 Å². The van der Waals surface area contributed by atoms with Crippen LogP contribution in [0.15, 0.2) is 35.9 Å². The zero-order chi connectivity index (χ0) is 20.1. The molecule has 27 heavy (non-hydrogen) atoms. The van der Waals surface area contributed by atoms with E-state index in [-0.39, 0.29) is 10.8 Å². The van der Waals surface area contributed by atoms with Crippen LogP contribution in [0.3, 0.4) is 0 Å². The predicted molar refractivity (Wildman–Crippen MR) is 121 cm³/mol. The van der Waals surface area contributed by atoms with E-state index in [9.17, 15) is 0 Å². The Morgan fingerprint density at radius 2 is 1.37 bits per heavy atom. The van der Waals surface area contributed by atoms with Crippen LogP contribution in [0.4, 0.5) is 0 Å². The summed E-state index contributed by atoms with van der Waals surface area (Å²) in [6.45, 7) is 20.8. The highest BCUT2D eigenvalue weighted by Gasteiger charge is 2.24. The fourth-order valence-corrected chi connectivity index (χ4v) is 3.89. The molecule has 0 aliphatic heterocycles. The van der Waals surface area contributed by atoms with Crippen molar-refractivity contribution in [3.63, 3.8) is 0 Å². The molecule has 0 atom stereocenters. The number of rotatable bonds is 2. The summed E-state index contributed by atoms with van der Waals surface area (Å²) in [5, 5.41) is 0. The van der Waals surface area contributed by atoms with Gasteiger partial charge in [-0.3, -0.25) is 0 Å². The maximum Gasteiger partial charge on any atom is -0.00524 e. The first-order chi connectivity index (χ1) is 12.4. The van der Waals surface area contributed by atoms with Crippen molar-refractivity contribution in [2.75, 3.05) is 0 Å². The van der Waals surface area contributed by atoms with Crippen molar-refractivity contribution in [2.45, 2.75) is 79.6 Å². The highest BCUT2D eigenvalue weighted by atomic mass is 14.3. The van der Waals surface area contributed by atoms with Crippen molar-refractivity contribution in [3.05, 3.63) is 63.7 Å². The van der Waals surface area contributed by atoms with Gasteiger partial charge in [0, 0.05) is 0 Å². The summed E-state index contributed by atoms with van der Waals surface area (Å²) in [6, 6.07) is 11.9. The zero-order valence-electron chi connectivity index (χ0n) is 18.7. The fraction of sp³-hybridized carbons (Fsp3) is 0.481. The molecule has 3 rings (SSSR count). The van der Waals surface area contributed by atoms with E-state index in [1.54, 1.807) is 5.57 Å². The lowest BCUT2D eigenvalue weighted by atomic mass is 9.78. The summed E-state index contributed by atoms with van der Waals surface area (Å²) in [4.78, 5) is 0. The van der Waals surface area contributed by atoms with Gasteiger partial charge in [-0.2, -0.15) is 0 Å². The quantitative estimate of drug-likeness (QED) is 0.511. The molecule has 0 heteroatoms. The summed E-state index contributed by atoms with van der Waals surface area (Å²) < 4.78 is 0. The molecule has 0 unspecified atom stereocenters. The molecule has 1 aliphatic rings. The van der Waals surface area contributed by atoms with Crippen molar-refractivity contribution in [1.29, 1.82) is 0 Å². The standard InChI is InChI=1S/C27H36/c1-17(2)19-14-24-18(3)10-11-23(25(24)15-19)20-12-21(26(4,5)6)16-22(13-20)27(7,8)9/h10-13,15-17H,14H2,1-9H3.